The number of halogens is 2. The number of rotatable bonds is 8. The number of hydrogen-bond donors (Lipinski definition) is 2. The normalized spacial score (nSPS) is 20.8. The fourth-order valence-electron chi connectivity index (χ4n) is 6.26. The molecule has 6 bridgehead atoms. The number of carboxylic acids is 2. The predicted octanol–water partition coefficient (Wildman–Crippen LogP) is 5.85. The van der Waals surface area contributed by atoms with Crippen LogP contribution < -0.4 is 10.7 Å². The first-order valence-corrected chi connectivity index (χ1v) is 16.7. The Morgan fingerprint density at radius 3 is 2.07 bits per heavy atom. The van der Waals surface area contributed by atoms with Crippen LogP contribution in [-0.4, -0.2) is 40.7 Å². The summed E-state index contributed by atoms with van der Waals surface area (Å²) in [6.07, 6.45) is 12.2. The molecule has 45 heavy (non-hydrogen) atoms. The third-order valence-electron chi connectivity index (χ3n) is 8.67. The number of fused-ring (bicyclic) bond motifs is 2. The van der Waals surface area contributed by atoms with E-state index in [1.54, 1.807) is 0 Å². The van der Waals surface area contributed by atoms with Crippen molar-refractivity contribution >= 4 is 76.2 Å². The zero-order valence-electron chi connectivity index (χ0n) is 25.3. The van der Waals surface area contributed by atoms with E-state index in [9.17, 15) is 19.8 Å². The van der Waals surface area contributed by atoms with Crippen LogP contribution in [0.1, 0.15) is 66.8 Å². The quantitative estimate of drug-likeness (QED) is 0.340. The molecule has 0 amide bonds. The van der Waals surface area contributed by atoms with Gasteiger partial charge in [-0.05, 0) is 0 Å². The number of carbonyl (C=O) groups is 2. The second-order valence-corrected chi connectivity index (χ2v) is 13.7. The number of carboxylic acid groups (broad SMARTS) is 2. The van der Waals surface area contributed by atoms with Crippen molar-refractivity contribution in [3.63, 3.8) is 0 Å². The third kappa shape index (κ3) is 5.18. The molecular formula is C34H33Cl2FeN4O4. The topological polar surface area (TPSA) is 109 Å². The van der Waals surface area contributed by atoms with Gasteiger partial charge in [-0.3, -0.25) is 0 Å². The average molecular weight is 688 g/mol. The van der Waals surface area contributed by atoms with Crippen LogP contribution in [0.15, 0.2) is 62.9 Å². The van der Waals surface area contributed by atoms with Crippen molar-refractivity contribution in [1.29, 1.82) is 0 Å². The van der Waals surface area contributed by atoms with Gasteiger partial charge in [-0.1, -0.05) is 0 Å². The molecule has 2 N–H and O–H groups in total. The van der Waals surface area contributed by atoms with Gasteiger partial charge in [0.25, 0.3) is 0 Å². The Bertz CT molecular complexity index is 2070. The van der Waals surface area contributed by atoms with Crippen molar-refractivity contribution in [2.75, 3.05) is 0 Å². The number of aliphatic carboxylic acids is 2. The Morgan fingerprint density at radius 1 is 0.822 bits per heavy atom. The Balaban J connectivity index is 0.00000400. The van der Waals surface area contributed by atoms with Gasteiger partial charge in [-0.15, -0.1) is 12.4 Å². The molecule has 0 aliphatic carbocycles. The fraction of sp³-hybridized carbons (Fsp3) is 0.235. The molecule has 0 saturated heterocycles. The zero-order chi connectivity index (χ0) is 31.6. The molecule has 235 valence electrons. The van der Waals surface area contributed by atoms with E-state index in [0.717, 1.165) is 83.7 Å². The molecule has 4 aliphatic rings. The van der Waals surface area contributed by atoms with Gasteiger partial charge >= 0.3 is 265 Å². The molecule has 0 atom stereocenters. The summed E-state index contributed by atoms with van der Waals surface area (Å²) in [5.74, 6) is -1.78. The number of allylic oxidation sites excluding steroid dienone is 5. The summed E-state index contributed by atoms with van der Waals surface area (Å²) in [5, 5.41) is 20.8. The number of aliphatic imine (C=N–C) groups is 2. The van der Waals surface area contributed by atoms with Gasteiger partial charge in [0.15, 0.2) is 0 Å². The molecule has 0 radical (unpaired) electrons. The Labute approximate surface area is 276 Å². The third-order valence-corrected chi connectivity index (χ3v) is 11.5. The molecule has 11 heteroatoms. The SMILES string of the molecule is C=CC1=C(C)/C2=C/c3c(C=C)c(C)c4[n]3[Fe]([Cl])[n]3/c(c(C)c(CCC(=O)O)/c3=C/C3=NC(=C\4)/C(C)=C3CCC(=O)O)=C\C1=N2.Cl. The maximum atomic E-state index is 11.8. The van der Waals surface area contributed by atoms with Crippen molar-refractivity contribution in [3.8, 4) is 0 Å². The second kappa shape index (κ2) is 12.1. The van der Waals surface area contributed by atoms with Crippen molar-refractivity contribution in [3.05, 3.63) is 97.3 Å². The van der Waals surface area contributed by atoms with Crippen LogP contribution in [0.3, 0.4) is 0 Å². The molecule has 0 spiro atoms. The average Bonchev–Trinajstić information content (AvgIpc) is 3.60. The summed E-state index contributed by atoms with van der Waals surface area (Å²) in [7, 11) is 7.69. The Morgan fingerprint density at radius 2 is 1.42 bits per heavy atom. The molecule has 6 heterocycles. The summed E-state index contributed by atoms with van der Waals surface area (Å²) in [5.41, 5.74) is 12.1. The minimum absolute atomic E-state index is 0. The van der Waals surface area contributed by atoms with Gasteiger partial charge in [0, 0.05) is 0 Å². The molecule has 6 rings (SSSR count). The summed E-state index contributed by atoms with van der Waals surface area (Å²) in [4.78, 5) is 33.5. The van der Waals surface area contributed by atoms with E-state index in [4.69, 9.17) is 20.1 Å². The van der Waals surface area contributed by atoms with Crippen LogP contribution in [0.25, 0.3) is 30.4 Å². The van der Waals surface area contributed by atoms with Gasteiger partial charge in [0.1, 0.15) is 0 Å². The van der Waals surface area contributed by atoms with Gasteiger partial charge in [-0.2, -0.15) is 0 Å². The van der Waals surface area contributed by atoms with E-state index in [0.29, 0.717) is 12.1 Å². The molecule has 4 aliphatic heterocycles. The molecule has 0 fully saturated rings. The first kappa shape index (κ1) is 32.5. The standard InChI is InChI=1S/C34H34N4O4.2ClH.Fe/c1-7-21-17(3)25-13-26-19(5)23(9-11-33(39)40)31(37-26)16-32-24(10-12-34(41)42)20(6)28(38-32)15-30-22(8-2)18(4)27(36-30)14-29(21)35-25;;;/h7-8,13-16H,1-2,9-12H2,3-6H3,(H4,35,36,37,38,39,40,41,42);2*1H;/q;;;+3/p-3/b25-13?,26-13-,27-14-,28-15-,29-14?,30-15?,31-16?,32-16-;;;. The van der Waals surface area contributed by atoms with Crippen LogP contribution in [0.4, 0.5) is 0 Å². The first-order valence-electron chi connectivity index (χ1n) is 14.2. The van der Waals surface area contributed by atoms with E-state index in [-0.39, 0.29) is 31.7 Å². The minimum atomic E-state index is -1.91. The van der Waals surface area contributed by atoms with Gasteiger partial charge in [0.05, 0.1) is 0 Å². The fourth-order valence-corrected chi connectivity index (χ4v) is 9.36. The van der Waals surface area contributed by atoms with E-state index >= 15 is 0 Å². The number of aromatic nitrogens is 2. The summed E-state index contributed by atoms with van der Waals surface area (Å²) in [6, 6.07) is 0. The maximum Gasteiger partial charge on any atom is -0.147 e. The van der Waals surface area contributed by atoms with Gasteiger partial charge in [-0.25, -0.2) is 0 Å². The minimum Gasteiger partial charge on any atom is -0.147 e. The Kier molecular flexibility index (Phi) is 8.77. The van der Waals surface area contributed by atoms with Crippen LogP contribution >= 0.6 is 22.5 Å². The molecule has 8 nitrogen and oxygen atoms in total. The van der Waals surface area contributed by atoms with Crippen LogP contribution in [0.2, 0.25) is 0 Å². The van der Waals surface area contributed by atoms with Crippen LogP contribution in [0, 0.1) is 13.8 Å². The van der Waals surface area contributed by atoms with Crippen LogP contribution in [-0.2, 0) is 29.4 Å². The Hall–Kier alpha value is -3.88. The summed E-state index contributed by atoms with van der Waals surface area (Å²) >= 11 is -1.91. The molecule has 2 aromatic heterocycles. The van der Waals surface area contributed by atoms with Crippen molar-refractivity contribution in [1.82, 2.24) is 7.17 Å². The van der Waals surface area contributed by atoms with Crippen LogP contribution in [0.5, 0.6) is 0 Å². The van der Waals surface area contributed by atoms with E-state index in [2.05, 4.69) is 26.4 Å². The molecule has 0 unspecified atom stereocenters. The van der Waals surface area contributed by atoms with Crippen molar-refractivity contribution in [2.24, 2.45) is 9.98 Å². The zero-order valence-corrected chi connectivity index (χ0v) is 28.0. The van der Waals surface area contributed by atoms with E-state index in [1.807, 2.05) is 58.1 Å². The molecule has 0 saturated carbocycles. The summed E-state index contributed by atoms with van der Waals surface area (Å²) < 4.78 is 4.25. The van der Waals surface area contributed by atoms with Crippen molar-refractivity contribution < 1.29 is 33.2 Å². The van der Waals surface area contributed by atoms with Crippen molar-refractivity contribution in [2.45, 2.75) is 53.4 Å². The molecular weight excluding hydrogens is 655 g/mol. The predicted molar refractivity (Wildman–Crippen MR) is 180 cm³/mol. The van der Waals surface area contributed by atoms with Gasteiger partial charge in [0.2, 0.25) is 0 Å². The smallest absolute Gasteiger partial charge is 0.147 e. The molecule has 0 aromatic carbocycles. The van der Waals surface area contributed by atoms with E-state index < -0.39 is 25.4 Å². The second-order valence-electron chi connectivity index (χ2n) is 11.1. The number of hydrogen-bond acceptors (Lipinski definition) is 4. The maximum absolute atomic E-state index is 11.8. The molecule has 2 aromatic rings. The first-order chi connectivity index (χ1) is 21.0. The summed E-state index contributed by atoms with van der Waals surface area (Å²) in [6.45, 7) is 16.3. The van der Waals surface area contributed by atoms with E-state index in [1.165, 1.54) is 0 Å². The monoisotopic (exact) mass is 687 g/mol. The number of nitrogens with zero attached hydrogens (tertiary/aromatic N) is 4. The van der Waals surface area contributed by atoms with Gasteiger partial charge < -0.3 is 0 Å². The largest absolute Gasteiger partial charge is 0.147 e.